The van der Waals surface area contributed by atoms with Crippen molar-refractivity contribution in [1.29, 1.82) is 0 Å². The molecule has 3 rings (SSSR count). The fourth-order valence-electron chi connectivity index (χ4n) is 3.56. The van der Waals surface area contributed by atoms with Crippen molar-refractivity contribution in [3.63, 3.8) is 0 Å². The fraction of sp³-hybridized carbons (Fsp3) is 0.455. The number of anilines is 1. The zero-order valence-electron chi connectivity index (χ0n) is 17.5. The van der Waals surface area contributed by atoms with E-state index in [1.165, 1.54) is 0 Å². The van der Waals surface area contributed by atoms with Crippen LogP contribution in [0.2, 0.25) is 5.02 Å². The molecule has 1 unspecified atom stereocenters. The summed E-state index contributed by atoms with van der Waals surface area (Å²) in [5.74, 6) is 1.20. The minimum absolute atomic E-state index is 0.229. The van der Waals surface area contributed by atoms with Crippen LogP contribution in [0.1, 0.15) is 50.4 Å². The van der Waals surface area contributed by atoms with Gasteiger partial charge in [-0.05, 0) is 43.0 Å². The second-order valence-corrected chi connectivity index (χ2v) is 7.87. The van der Waals surface area contributed by atoms with E-state index >= 15 is 0 Å². The zero-order chi connectivity index (χ0) is 20.4. The molecule has 5 nitrogen and oxygen atoms in total. The van der Waals surface area contributed by atoms with Crippen LogP contribution in [0.5, 0.6) is 0 Å². The molecule has 0 saturated heterocycles. The van der Waals surface area contributed by atoms with Crippen LogP contribution in [0.25, 0.3) is 22.3 Å². The van der Waals surface area contributed by atoms with Gasteiger partial charge in [-0.1, -0.05) is 32.4 Å². The Hall–Kier alpha value is -2.11. The average molecular weight is 401 g/mol. The number of pyridine rings is 2. The van der Waals surface area contributed by atoms with Crippen molar-refractivity contribution in [1.82, 2.24) is 14.5 Å². The third-order valence-electron chi connectivity index (χ3n) is 5.17. The van der Waals surface area contributed by atoms with Crippen molar-refractivity contribution in [2.24, 2.45) is 0 Å². The first kappa shape index (κ1) is 20.6. The molecule has 0 amide bonds. The van der Waals surface area contributed by atoms with Gasteiger partial charge in [0.05, 0.1) is 28.9 Å². The molecule has 28 heavy (non-hydrogen) atoms. The molecule has 150 valence electrons. The van der Waals surface area contributed by atoms with E-state index in [0.29, 0.717) is 17.5 Å². The van der Waals surface area contributed by atoms with Crippen LogP contribution in [0.4, 0.5) is 5.82 Å². The second kappa shape index (κ2) is 8.50. The molecule has 0 aliphatic carbocycles. The minimum Gasteiger partial charge on any atom is -0.383 e. The van der Waals surface area contributed by atoms with Crippen LogP contribution in [-0.4, -0.2) is 35.3 Å². The van der Waals surface area contributed by atoms with Crippen molar-refractivity contribution >= 4 is 28.5 Å². The summed E-state index contributed by atoms with van der Waals surface area (Å²) in [4.78, 5) is 9.73. The van der Waals surface area contributed by atoms with E-state index in [9.17, 15) is 0 Å². The van der Waals surface area contributed by atoms with Gasteiger partial charge in [0.2, 0.25) is 0 Å². The van der Waals surface area contributed by atoms with E-state index in [0.717, 1.165) is 45.8 Å². The van der Waals surface area contributed by atoms with Crippen LogP contribution in [-0.2, 0) is 4.74 Å². The summed E-state index contributed by atoms with van der Waals surface area (Å²) in [5.41, 5.74) is 5.88. The number of aromatic nitrogens is 3. The Labute approximate surface area is 172 Å². The highest BCUT2D eigenvalue weighted by Crippen LogP contribution is 2.35. The molecule has 0 fully saturated rings. The van der Waals surface area contributed by atoms with Gasteiger partial charge in [-0.25, -0.2) is 9.97 Å². The maximum atomic E-state index is 6.58. The maximum Gasteiger partial charge on any atom is 0.135 e. The van der Waals surface area contributed by atoms with Gasteiger partial charge >= 0.3 is 0 Å². The predicted octanol–water partition coefficient (Wildman–Crippen LogP) is 5.82. The Bertz CT molecular complexity index is 980. The normalized spacial score (nSPS) is 12.7. The van der Waals surface area contributed by atoms with Crippen molar-refractivity contribution in [2.75, 3.05) is 26.1 Å². The number of nitrogens with zero attached hydrogens (tertiary/aromatic N) is 3. The molecule has 1 atom stereocenters. The van der Waals surface area contributed by atoms with E-state index in [1.54, 1.807) is 7.11 Å². The van der Waals surface area contributed by atoms with Gasteiger partial charge in [0.25, 0.3) is 0 Å². The first-order chi connectivity index (χ1) is 13.4. The van der Waals surface area contributed by atoms with Crippen LogP contribution in [0.3, 0.4) is 0 Å². The van der Waals surface area contributed by atoms with Crippen LogP contribution < -0.4 is 5.32 Å². The molecule has 0 aliphatic rings. The van der Waals surface area contributed by atoms with Gasteiger partial charge in [-0.15, -0.1) is 0 Å². The smallest absolute Gasteiger partial charge is 0.135 e. The molecule has 0 saturated carbocycles. The molecule has 6 heteroatoms. The summed E-state index contributed by atoms with van der Waals surface area (Å²) in [5, 5.41) is 3.88. The van der Waals surface area contributed by atoms with Crippen LogP contribution >= 0.6 is 11.6 Å². The number of hydrogen-bond acceptors (Lipinski definition) is 4. The van der Waals surface area contributed by atoms with Crippen molar-refractivity contribution in [2.45, 2.75) is 46.1 Å². The van der Waals surface area contributed by atoms with E-state index in [-0.39, 0.29) is 6.04 Å². The van der Waals surface area contributed by atoms with E-state index in [4.69, 9.17) is 26.3 Å². The SMILES string of the molecule is CCC(COC)n1cc(Cl)c2nc(-c3ccc(C(C)C)nc3NC)c(C)cc21. The Kier molecular flexibility index (Phi) is 6.26. The Morgan fingerprint density at radius 1 is 1.25 bits per heavy atom. The van der Waals surface area contributed by atoms with Crippen LogP contribution in [0.15, 0.2) is 24.4 Å². The number of fused-ring (bicyclic) bond motifs is 1. The molecule has 3 heterocycles. The van der Waals surface area contributed by atoms with Gasteiger partial charge in [0.15, 0.2) is 0 Å². The number of halogens is 1. The summed E-state index contributed by atoms with van der Waals surface area (Å²) in [6, 6.07) is 6.56. The first-order valence-corrected chi connectivity index (χ1v) is 10.1. The lowest BCUT2D eigenvalue weighted by atomic mass is 10.0. The average Bonchev–Trinajstić information content (AvgIpc) is 3.00. The third-order valence-corrected chi connectivity index (χ3v) is 5.45. The number of ether oxygens (including phenoxy) is 1. The molecular weight excluding hydrogens is 372 g/mol. The highest BCUT2D eigenvalue weighted by molar-refractivity contribution is 6.35. The van der Waals surface area contributed by atoms with Crippen LogP contribution in [0, 0.1) is 6.92 Å². The second-order valence-electron chi connectivity index (χ2n) is 7.46. The lowest BCUT2D eigenvalue weighted by Crippen LogP contribution is -2.13. The van der Waals surface area contributed by atoms with Gasteiger partial charge < -0.3 is 14.6 Å². The van der Waals surface area contributed by atoms with Gasteiger partial charge in [0.1, 0.15) is 11.3 Å². The third kappa shape index (κ3) is 3.74. The van der Waals surface area contributed by atoms with E-state index < -0.39 is 0 Å². The molecule has 0 aromatic carbocycles. The molecule has 3 aromatic rings. The highest BCUT2D eigenvalue weighted by Gasteiger charge is 2.19. The summed E-state index contributed by atoms with van der Waals surface area (Å²) in [7, 11) is 3.62. The molecular formula is C22H29ClN4O. The molecule has 0 spiro atoms. The Balaban J connectivity index is 2.17. The summed E-state index contributed by atoms with van der Waals surface area (Å²) >= 11 is 6.58. The largest absolute Gasteiger partial charge is 0.383 e. The topological polar surface area (TPSA) is 52.0 Å². The monoisotopic (exact) mass is 400 g/mol. The maximum absolute atomic E-state index is 6.58. The highest BCUT2D eigenvalue weighted by atomic mass is 35.5. The van der Waals surface area contributed by atoms with Gasteiger partial charge in [0, 0.05) is 31.6 Å². The summed E-state index contributed by atoms with van der Waals surface area (Å²) in [6.45, 7) is 9.16. The van der Waals surface area contributed by atoms with Crippen molar-refractivity contribution in [3.8, 4) is 11.3 Å². The molecule has 1 N–H and O–H groups in total. The molecule has 0 bridgehead atoms. The zero-order valence-corrected chi connectivity index (χ0v) is 18.3. The Morgan fingerprint density at radius 2 is 2.00 bits per heavy atom. The Morgan fingerprint density at radius 3 is 2.61 bits per heavy atom. The van der Waals surface area contributed by atoms with Crippen molar-refractivity contribution in [3.05, 3.63) is 40.7 Å². The molecule has 0 radical (unpaired) electrons. The molecule has 0 aliphatic heterocycles. The first-order valence-electron chi connectivity index (χ1n) is 9.76. The van der Waals surface area contributed by atoms with E-state index in [2.05, 4.69) is 55.8 Å². The molecule has 3 aromatic heterocycles. The van der Waals surface area contributed by atoms with E-state index in [1.807, 2.05) is 13.2 Å². The number of nitrogens with one attached hydrogen (secondary N) is 1. The number of rotatable bonds is 7. The van der Waals surface area contributed by atoms with Gasteiger partial charge in [-0.3, -0.25) is 0 Å². The lowest BCUT2D eigenvalue weighted by Gasteiger charge is -2.18. The van der Waals surface area contributed by atoms with Gasteiger partial charge in [-0.2, -0.15) is 0 Å². The van der Waals surface area contributed by atoms with Crippen molar-refractivity contribution < 1.29 is 4.74 Å². The minimum atomic E-state index is 0.229. The number of methoxy groups -OCH3 is 1. The number of aryl methyl sites for hydroxylation is 1. The summed E-state index contributed by atoms with van der Waals surface area (Å²) < 4.78 is 7.58. The standard InChI is InChI=1S/C22H29ClN4O/c1-7-15(12-28-6)27-11-17(23)21-19(27)10-14(4)20(26-21)16-8-9-18(13(2)3)25-22(16)24-5/h8-11,13,15H,7,12H2,1-6H3,(H,24,25). The predicted molar refractivity (Wildman–Crippen MR) is 118 cm³/mol. The quantitative estimate of drug-likeness (QED) is 0.542. The summed E-state index contributed by atoms with van der Waals surface area (Å²) in [6.07, 6.45) is 2.92. The fourth-order valence-corrected chi connectivity index (χ4v) is 3.81. The number of hydrogen-bond donors (Lipinski definition) is 1. The lowest BCUT2D eigenvalue weighted by molar-refractivity contribution is 0.155.